The molecule has 1 unspecified atom stereocenters. The highest BCUT2D eigenvalue weighted by molar-refractivity contribution is 5.85. The number of benzene rings is 1. The maximum atomic E-state index is 11.6. The maximum Gasteiger partial charge on any atom is 0.236 e. The third-order valence-corrected chi connectivity index (χ3v) is 3.15. The predicted octanol–water partition coefficient (Wildman–Crippen LogP) is 2.14. The summed E-state index contributed by atoms with van der Waals surface area (Å²) in [6.45, 7) is 3.03. The van der Waals surface area contributed by atoms with E-state index in [2.05, 4.69) is 5.32 Å². The molecule has 0 saturated heterocycles. The molecule has 1 aromatic rings. The molecular weight excluding hydrogens is 320 g/mol. The molecule has 1 atom stereocenters. The zero-order valence-electron chi connectivity index (χ0n) is 14.0. The summed E-state index contributed by atoms with van der Waals surface area (Å²) >= 11 is 0. The van der Waals surface area contributed by atoms with E-state index in [9.17, 15) is 4.79 Å². The summed E-state index contributed by atoms with van der Waals surface area (Å²) in [4.78, 5) is 11.6. The van der Waals surface area contributed by atoms with Crippen LogP contribution in [-0.2, 0) is 4.79 Å². The maximum absolute atomic E-state index is 11.6. The lowest BCUT2D eigenvalue weighted by Crippen LogP contribution is -2.41. The fraction of sp³-hybridized carbons (Fsp3) is 0.562. The quantitative estimate of drug-likeness (QED) is 0.634. The van der Waals surface area contributed by atoms with Crippen LogP contribution in [0.15, 0.2) is 18.2 Å². The SMILES string of the molecule is CCCC(N)C(=O)NCCCOc1cc(OC)cc(OC)c1.Cl. The first kappa shape index (κ1) is 21.3. The first-order valence-corrected chi connectivity index (χ1v) is 7.49. The Morgan fingerprint density at radius 2 is 1.74 bits per heavy atom. The van der Waals surface area contributed by atoms with Crippen LogP contribution in [0.25, 0.3) is 0 Å². The van der Waals surface area contributed by atoms with E-state index in [4.69, 9.17) is 19.9 Å². The molecule has 0 aliphatic rings. The van der Waals surface area contributed by atoms with Gasteiger partial charge in [-0.1, -0.05) is 13.3 Å². The summed E-state index contributed by atoms with van der Waals surface area (Å²) in [7, 11) is 3.18. The molecule has 0 aliphatic carbocycles. The highest BCUT2D eigenvalue weighted by atomic mass is 35.5. The Bertz CT molecular complexity index is 449. The van der Waals surface area contributed by atoms with Crippen molar-refractivity contribution in [1.82, 2.24) is 5.32 Å². The zero-order valence-corrected chi connectivity index (χ0v) is 14.8. The molecule has 7 heteroatoms. The van der Waals surface area contributed by atoms with Gasteiger partial charge in [-0.15, -0.1) is 12.4 Å². The van der Waals surface area contributed by atoms with Gasteiger partial charge in [-0.2, -0.15) is 0 Å². The van der Waals surface area contributed by atoms with Gasteiger partial charge in [0.15, 0.2) is 0 Å². The third kappa shape index (κ3) is 7.95. The molecule has 0 aliphatic heterocycles. The molecule has 0 heterocycles. The second-order valence-electron chi connectivity index (χ2n) is 4.94. The van der Waals surface area contributed by atoms with E-state index in [-0.39, 0.29) is 18.3 Å². The fourth-order valence-corrected chi connectivity index (χ4v) is 1.91. The Balaban J connectivity index is 0.00000484. The number of rotatable bonds is 10. The molecule has 132 valence electrons. The van der Waals surface area contributed by atoms with Crippen LogP contribution in [0.3, 0.4) is 0 Å². The number of hydrogen-bond acceptors (Lipinski definition) is 5. The summed E-state index contributed by atoms with van der Waals surface area (Å²) in [5.41, 5.74) is 5.73. The predicted molar refractivity (Wildman–Crippen MR) is 92.8 cm³/mol. The lowest BCUT2D eigenvalue weighted by Gasteiger charge is -2.12. The molecule has 0 bridgehead atoms. The van der Waals surface area contributed by atoms with Gasteiger partial charge >= 0.3 is 0 Å². The van der Waals surface area contributed by atoms with Gasteiger partial charge in [-0.3, -0.25) is 4.79 Å². The smallest absolute Gasteiger partial charge is 0.236 e. The Kier molecular flexibility index (Phi) is 11.0. The molecule has 1 amide bonds. The van der Waals surface area contributed by atoms with Gasteiger partial charge in [0.2, 0.25) is 5.91 Å². The van der Waals surface area contributed by atoms with Crippen molar-refractivity contribution in [3.05, 3.63) is 18.2 Å². The van der Waals surface area contributed by atoms with Gasteiger partial charge in [0.1, 0.15) is 17.2 Å². The summed E-state index contributed by atoms with van der Waals surface area (Å²) in [5, 5.41) is 2.81. The van der Waals surface area contributed by atoms with Crippen molar-refractivity contribution in [3.63, 3.8) is 0 Å². The minimum absolute atomic E-state index is 0. The number of nitrogens with one attached hydrogen (secondary N) is 1. The number of hydrogen-bond donors (Lipinski definition) is 2. The summed E-state index contributed by atoms with van der Waals surface area (Å²) in [5.74, 6) is 1.91. The standard InChI is InChI=1S/C16H26N2O4.ClH/c1-4-6-15(17)16(19)18-7-5-8-22-14-10-12(20-2)9-13(11-14)21-3;/h9-11,15H,4-8,17H2,1-3H3,(H,18,19);1H. The first-order valence-electron chi connectivity index (χ1n) is 7.49. The second kappa shape index (κ2) is 11.8. The molecule has 0 fully saturated rings. The van der Waals surface area contributed by atoms with Crippen molar-refractivity contribution in [2.24, 2.45) is 5.73 Å². The van der Waals surface area contributed by atoms with Crippen LogP contribution in [0.2, 0.25) is 0 Å². The van der Waals surface area contributed by atoms with Crippen LogP contribution in [-0.4, -0.2) is 39.3 Å². The molecular formula is C16H27ClN2O4. The van der Waals surface area contributed by atoms with Crippen LogP contribution in [0.4, 0.5) is 0 Å². The molecule has 0 radical (unpaired) electrons. The Labute approximate surface area is 144 Å². The number of carbonyl (C=O) groups excluding carboxylic acids is 1. The van der Waals surface area contributed by atoms with Crippen LogP contribution in [0, 0.1) is 0 Å². The van der Waals surface area contributed by atoms with Crippen LogP contribution in [0.1, 0.15) is 26.2 Å². The largest absolute Gasteiger partial charge is 0.496 e. The van der Waals surface area contributed by atoms with E-state index in [0.717, 1.165) is 6.42 Å². The zero-order chi connectivity index (χ0) is 16.4. The number of ether oxygens (including phenoxy) is 3. The molecule has 0 saturated carbocycles. The topological polar surface area (TPSA) is 82.8 Å². The van der Waals surface area contributed by atoms with E-state index in [1.165, 1.54) is 0 Å². The third-order valence-electron chi connectivity index (χ3n) is 3.15. The Morgan fingerprint density at radius 1 is 1.17 bits per heavy atom. The van der Waals surface area contributed by atoms with Gasteiger partial charge in [0, 0.05) is 24.7 Å². The average Bonchev–Trinajstić information content (AvgIpc) is 2.54. The molecule has 6 nitrogen and oxygen atoms in total. The highest BCUT2D eigenvalue weighted by Crippen LogP contribution is 2.27. The van der Waals surface area contributed by atoms with Crippen LogP contribution < -0.4 is 25.3 Å². The Hall–Kier alpha value is -1.66. The fourth-order valence-electron chi connectivity index (χ4n) is 1.91. The minimum atomic E-state index is -0.423. The van der Waals surface area contributed by atoms with Crippen molar-refractivity contribution in [3.8, 4) is 17.2 Å². The van der Waals surface area contributed by atoms with E-state index < -0.39 is 6.04 Å². The summed E-state index contributed by atoms with van der Waals surface area (Å²) in [6, 6.07) is 4.94. The lowest BCUT2D eigenvalue weighted by atomic mass is 10.2. The molecule has 23 heavy (non-hydrogen) atoms. The number of methoxy groups -OCH3 is 2. The van der Waals surface area contributed by atoms with Gasteiger partial charge in [0.25, 0.3) is 0 Å². The lowest BCUT2D eigenvalue weighted by molar-refractivity contribution is -0.122. The van der Waals surface area contributed by atoms with Crippen molar-refractivity contribution in [2.75, 3.05) is 27.4 Å². The number of amides is 1. The second-order valence-corrected chi connectivity index (χ2v) is 4.94. The van der Waals surface area contributed by atoms with E-state index in [1.807, 2.05) is 6.92 Å². The monoisotopic (exact) mass is 346 g/mol. The van der Waals surface area contributed by atoms with E-state index >= 15 is 0 Å². The molecule has 0 spiro atoms. The summed E-state index contributed by atoms with van der Waals surface area (Å²) < 4.78 is 16.0. The van der Waals surface area contributed by atoms with E-state index in [0.29, 0.717) is 43.2 Å². The van der Waals surface area contributed by atoms with E-state index in [1.54, 1.807) is 32.4 Å². The normalized spacial score (nSPS) is 11.1. The van der Waals surface area contributed by atoms with Gasteiger partial charge in [-0.05, 0) is 12.8 Å². The van der Waals surface area contributed by atoms with Crippen molar-refractivity contribution < 1.29 is 19.0 Å². The molecule has 1 aromatic carbocycles. The van der Waals surface area contributed by atoms with Gasteiger partial charge in [-0.25, -0.2) is 0 Å². The molecule has 3 N–H and O–H groups in total. The summed E-state index contributed by atoms with van der Waals surface area (Å²) in [6.07, 6.45) is 2.30. The number of halogens is 1. The number of carbonyl (C=O) groups is 1. The first-order chi connectivity index (χ1) is 10.6. The van der Waals surface area contributed by atoms with Crippen molar-refractivity contribution in [2.45, 2.75) is 32.2 Å². The van der Waals surface area contributed by atoms with Gasteiger partial charge in [0.05, 0.1) is 26.9 Å². The highest BCUT2D eigenvalue weighted by Gasteiger charge is 2.10. The van der Waals surface area contributed by atoms with Gasteiger partial charge < -0.3 is 25.3 Å². The molecule has 1 rings (SSSR count). The van der Waals surface area contributed by atoms with Crippen LogP contribution in [0.5, 0.6) is 17.2 Å². The van der Waals surface area contributed by atoms with Crippen molar-refractivity contribution >= 4 is 18.3 Å². The van der Waals surface area contributed by atoms with Crippen molar-refractivity contribution in [1.29, 1.82) is 0 Å². The molecule has 0 aromatic heterocycles. The Morgan fingerprint density at radius 3 is 2.26 bits per heavy atom. The minimum Gasteiger partial charge on any atom is -0.496 e. The average molecular weight is 347 g/mol. The van der Waals surface area contributed by atoms with Crippen LogP contribution >= 0.6 is 12.4 Å². The number of nitrogens with two attached hydrogens (primary N) is 1.